The fourth-order valence-electron chi connectivity index (χ4n) is 1.57. The number of anilines is 1. The lowest BCUT2D eigenvalue weighted by Gasteiger charge is -2.09. The Labute approximate surface area is 128 Å². The number of carboxylic acid groups (broad SMARTS) is 1. The van der Waals surface area contributed by atoms with Crippen LogP contribution in [0.5, 0.6) is 0 Å². The smallest absolute Gasteiger partial charge is 0.335 e. The number of halogens is 2. The van der Waals surface area contributed by atoms with Crippen molar-refractivity contribution < 1.29 is 22.7 Å². The molecule has 5 nitrogen and oxygen atoms in total. The van der Waals surface area contributed by atoms with Crippen molar-refractivity contribution >= 4 is 37.6 Å². The van der Waals surface area contributed by atoms with E-state index >= 15 is 0 Å². The average molecular weight is 374 g/mol. The predicted molar refractivity (Wildman–Crippen MR) is 78.3 cm³/mol. The molecule has 0 aliphatic heterocycles. The third-order valence-corrected chi connectivity index (χ3v) is 4.59. The van der Waals surface area contributed by atoms with Crippen LogP contribution in [-0.2, 0) is 10.0 Å². The first-order valence-corrected chi connectivity index (χ1v) is 7.88. The molecule has 0 heterocycles. The van der Waals surface area contributed by atoms with Gasteiger partial charge in [-0.3, -0.25) is 4.72 Å². The van der Waals surface area contributed by atoms with Crippen molar-refractivity contribution in [3.8, 4) is 0 Å². The van der Waals surface area contributed by atoms with Gasteiger partial charge in [-0.25, -0.2) is 17.6 Å². The van der Waals surface area contributed by atoms with Crippen LogP contribution in [0.1, 0.15) is 10.4 Å². The van der Waals surface area contributed by atoms with Gasteiger partial charge in [0.15, 0.2) is 0 Å². The molecule has 0 radical (unpaired) electrons. The predicted octanol–water partition coefficient (Wildman–Crippen LogP) is 3.09. The van der Waals surface area contributed by atoms with Crippen molar-refractivity contribution in [1.29, 1.82) is 0 Å². The maximum absolute atomic E-state index is 13.4. The highest BCUT2D eigenvalue weighted by Gasteiger charge is 2.16. The van der Waals surface area contributed by atoms with Gasteiger partial charge in [0.05, 0.1) is 14.9 Å². The highest BCUT2D eigenvalue weighted by atomic mass is 79.9. The fourth-order valence-corrected chi connectivity index (χ4v) is 2.88. The lowest BCUT2D eigenvalue weighted by atomic mass is 10.2. The fraction of sp³-hybridized carbons (Fsp3) is 0. The minimum absolute atomic E-state index is 0.0582. The Balaban J connectivity index is 2.35. The van der Waals surface area contributed by atoms with Crippen LogP contribution >= 0.6 is 15.9 Å². The van der Waals surface area contributed by atoms with E-state index < -0.39 is 21.8 Å². The second kappa shape index (κ2) is 5.82. The number of hydrogen-bond donors (Lipinski definition) is 2. The summed E-state index contributed by atoms with van der Waals surface area (Å²) in [6.07, 6.45) is 0. The molecule has 110 valence electrons. The number of rotatable bonds is 4. The maximum Gasteiger partial charge on any atom is 0.335 e. The summed E-state index contributed by atoms with van der Waals surface area (Å²) in [5.41, 5.74) is 0.0235. The Hall–Kier alpha value is -1.93. The largest absolute Gasteiger partial charge is 0.478 e. The van der Waals surface area contributed by atoms with E-state index in [0.29, 0.717) is 0 Å². The first-order chi connectivity index (χ1) is 9.79. The highest BCUT2D eigenvalue weighted by molar-refractivity contribution is 9.10. The van der Waals surface area contributed by atoms with Crippen LogP contribution < -0.4 is 4.72 Å². The SMILES string of the molecule is O=C(O)c1cccc(NS(=O)(=O)c2ccc(Br)c(F)c2)c1. The van der Waals surface area contributed by atoms with Crippen LogP contribution in [0.15, 0.2) is 51.8 Å². The molecule has 0 fully saturated rings. The molecule has 0 saturated heterocycles. The molecule has 2 aromatic carbocycles. The Kier molecular flexibility index (Phi) is 4.29. The van der Waals surface area contributed by atoms with Crippen molar-refractivity contribution in [3.63, 3.8) is 0 Å². The first kappa shape index (κ1) is 15.5. The van der Waals surface area contributed by atoms with E-state index in [4.69, 9.17) is 5.11 Å². The molecule has 2 rings (SSSR count). The van der Waals surface area contributed by atoms with E-state index in [-0.39, 0.29) is 20.6 Å². The minimum atomic E-state index is -4.00. The summed E-state index contributed by atoms with van der Waals surface area (Å²) in [4.78, 5) is 10.6. The third-order valence-electron chi connectivity index (χ3n) is 2.56. The molecule has 0 aromatic heterocycles. The molecule has 8 heteroatoms. The maximum atomic E-state index is 13.4. The van der Waals surface area contributed by atoms with Gasteiger partial charge < -0.3 is 5.11 Å². The lowest BCUT2D eigenvalue weighted by molar-refractivity contribution is 0.0697. The first-order valence-electron chi connectivity index (χ1n) is 5.61. The number of benzene rings is 2. The zero-order chi connectivity index (χ0) is 15.6. The summed E-state index contributed by atoms with van der Waals surface area (Å²) in [5.74, 6) is -1.89. The molecule has 0 unspecified atom stereocenters. The molecule has 2 N–H and O–H groups in total. The van der Waals surface area contributed by atoms with E-state index in [2.05, 4.69) is 20.7 Å². The summed E-state index contributed by atoms with van der Waals surface area (Å²) in [6.45, 7) is 0. The summed E-state index contributed by atoms with van der Waals surface area (Å²) in [6, 6.07) is 8.69. The van der Waals surface area contributed by atoms with Crippen LogP contribution in [0.25, 0.3) is 0 Å². The summed E-state index contributed by atoms with van der Waals surface area (Å²) >= 11 is 2.93. The molecular weight excluding hydrogens is 365 g/mol. The highest BCUT2D eigenvalue weighted by Crippen LogP contribution is 2.22. The Morgan fingerprint density at radius 2 is 1.90 bits per heavy atom. The number of carbonyl (C=O) groups is 1. The second-order valence-corrected chi connectivity index (χ2v) is 6.60. The van der Waals surface area contributed by atoms with Crippen molar-refractivity contribution in [3.05, 3.63) is 58.3 Å². The normalized spacial score (nSPS) is 11.1. The van der Waals surface area contributed by atoms with Crippen LogP contribution in [0.2, 0.25) is 0 Å². The van der Waals surface area contributed by atoms with Gasteiger partial charge in [-0.05, 0) is 52.3 Å². The zero-order valence-corrected chi connectivity index (χ0v) is 12.8. The van der Waals surface area contributed by atoms with Gasteiger partial charge in [0.1, 0.15) is 5.82 Å². The number of sulfonamides is 1. The van der Waals surface area contributed by atoms with Gasteiger partial charge in [0, 0.05) is 5.69 Å². The van der Waals surface area contributed by atoms with Gasteiger partial charge >= 0.3 is 5.97 Å². The molecule has 0 aliphatic rings. The van der Waals surface area contributed by atoms with Crippen LogP contribution in [0.3, 0.4) is 0 Å². The van der Waals surface area contributed by atoms with Gasteiger partial charge in [0.25, 0.3) is 10.0 Å². The molecule has 0 bridgehead atoms. The molecule has 0 aliphatic carbocycles. The van der Waals surface area contributed by atoms with Crippen LogP contribution in [-0.4, -0.2) is 19.5 Å². The summed E-state index contributed by atoms with van der Waals surface area (Å²) in [5, 5.41) is 8.86. The third kappa shape index (κ3) is 3.59. The quantitative estimate of drug-likeness (QED) is 0.862. The number of hydrogen-bond acceptors (Lipinski definition) is 3. The van der Waals surface area contributed by atoms with Crippen molar-refractivity contribution in [2.24, 2.45) is 0 Å². The van der Waals surface area contributed by atoms with Gasteiger partial charge in [-0.1, -0.05) is 6.07 Å². The molecule has 21 heavy (non-hydrogen) atoms. The van der Waals surface area contributed by atoms with E-state index in [1.165, 1.54) is 36.4 Å². The molecule has 0 amide bonds. The van der Waals surface area contributed by atoms with Crippen molar-refractivity contribution in [2.45, 2.75) is 4.90 Å². The number of nitrogens with one attached hydrogen (secondary N) is 1. The van der Waals surface area contributed by atoms with E-state index in [9.17, 15) is 17.6 Å². The summed E-state index contributed by atoms with van der Waals surface area (Å²) in [7, 11) is -4.00. The standard InChI is InChI=1S/C13H9BrFNO4S/c14-11-5-4-10(7-12(11)15)21(19,20)16-9-3-1-2-8(6-9)13(17)18/h1-7,16H,(H,17,18). The topological polar surface area (TPSA) is 83.5 Å². The van der Waals surface area contributed by atoms with E-state index in [0.717, 1.165) is 6.07 Å². The van der Waals surface area contributed by atoms with Gasteiger partial charge in [-0.2, -0.15) is 0 Å². The van der Waals surface area contributed by atoms with Gasteiger partial charge in [-0.15, -0.1) is 0 Å². The van der Waals surface area contributed by atoms with E-state index in [1.807, 2.05) is 0 Å². The van der Waals surface area contributed by atoms with Crippen molar-refractivity contribution in [2.75, 3.05) is 4.72 Å². The Morgan fingerprint density at radius 3 is 2.52 bits per heavy atom. The lowest BCUT2D eigenvalue weighted by Crippen LogP contribution is -2.13. The second-order valence-electron chi connectivity index (χ2n) is 4.07. The van der Waals surface area contributed by atoms with Gasteiger partial charge in [0.2, 0.25) is 0 Å². The average Bonchev–Trinajstić information content (AvgIpc) is 2.41. The monoisotopic (exact) mass is 373 g/mol. The molecule has 0 saturated carbocycles. The Bertz CT molecular complexity index is 808. The minimum Gasteiger partial charge on any atom is -0.478 e. The zero-order valence-electron chi connectivity index (χ0n) is 10.4. The summed E-state index contributed by atoms with van der Waals surface area (Å²) < 4.78 is 40.0. The van der Waals surface area contributed by atoms with Crippen LogP contribution in [0.4, 0.5) is 10.1 Å². The van der Waals surface area contributed by atoms with E-state index in [1.54, 1.807) is 0 Å². The number of carboxylic acids is 1. The van der Waals surface area contributed by atoms with Crippen LogP contribution in [0, 0.1) is 5.82 Å². The molecule has 2 aromatic rings. The van der Waals surface area contributed by atoms with Crippen molar-refractivity contribution in [1.82, 2.24) is 0 Å². The number of aromatic carboxylic acids is 1. The Morgan fingerprint density at radius 1 is 1.19 bits per heavy atom. The molecular formula is C13H9BrFNO4S. The molecule has 0 atom stereocenters. The molecule has 0 spiro atoms.